The van der Waals surface area contributed by atoms with Crippen molar-refractivity contribution in [3.8, 4) is 0 Å². The fourth-order valence-electron chi connectivity index (χ4n) is 0.224. The van der Waals surface area contributed by atoms with E-state index >= 15 is 0 Å². The van der Waals surface area contributed by atoms with Gasteiger partial charge in [0.15, 0.2) is 0 Å². The Labute approximate surface area is 53.2 Å². The van der Waals surface area contributed by atoms with E-state index in [0.29, 0.717) is 0 Å². The Balaban J connectivity index is 2.75. The SMILES string of the molecule is CCN(I)CC. The molecule has 0 N–H and O–H groups in total. The lowest BCUT2D eigenvalue weighted by Crippen LogP contribution is -2.07. The molecular formula is C4H10IN. The lowest BCUT2D eigenvalue weighted by Gasteiger charge is -2.03. The van der Waals surface area contributed by atoms with Gasteiger partial charge in [0, 0.05) is 36.0 Å². The van der Waals surface area contributed by atoms with Gasteiger partial charge < -0.3 is 0 Å². The third-order valence-corrected chi connectivity index (χ3v) is 2.05. The van der Waals surface area contributed by atoms with Crippen LogP contribution in [-0.2, 0) is 0 Å². The Morgan fingerprint density at radius 2 is 1.67 bits per heavy atom. The topological polar surface area (TPSA) is 3.24 Å². The standard InChI is InChI=1S/C4H10IN/c1-3-6(5)4-2/h3-4H2,1-2H3. The first kappa shape index (κ1) is 6.69. The van der Waals surface area contributed by atoms with Crippen LogP contribution in [0.15, 0.2) is 0 Å². The molecule has 0 saturated heterocycles. The average Bonchev–Trinajstić information content (AvgIpc) is 1.65. The predicted molar refractivity (Wildman–Crippen MR) is 36.9 cm³/mol. The fourth-order valence-corrected chi connectivity index (χ4v) is 0.224. The quantitative estimate of drug-likeness (QED) is 0.483. The van der Waals surface area contributed by atoms with Crippen molar-refractivity contribution < 1.29 is 0 Å². The first-order valence-electron chi connectivity index (χ1n) is 2.22. The number of hydrogen-bond donors (Lipinski definition) is 0. The molecule has 0 aliphatic carbocycles. The molecule has 0 aliphatic rings. The van der Waals surface area contributed by atoms with E-state index in [2.05, 4.69) is 39.8 Å². The van der Waals surface area contributed by atoms with E-state index in [9.17, 15) is 0 Å². The molecular weight excluding hydrogens is 189 g/mol. The highest BCUT2D eigenvalue weighted by Gasteiger charge is 1.84. The summed E-state index contributed by atoms with van der Waals surface area (Å²) in [6, 6.07) is 0. The zero-order valence-electron chi connectivity index (χ0n) is 4.24. The van der Waals surface area contributed by atoms with Gasteiger partial charge in [-0.15, -0.1) is 0 Å². The highest BCUT2D eigenvalue weighted by molar-refractivity contribution is 14.1. The number of nitrogens with zero attached hydrogens (tertiary/aromatic N) is 1. The van der Waals surface area contributed by atoms with Gasteiger partial charge in [-0.2, -0.15) is 0 Å². The van der Waals surface area contributed by atoms with Gasteiger partial charge in [0.2, 0.25) is 0 Å². The molecule has 0 aromatic heterocycles. The maximum atomic E-state index is 2.30. The molecule has 0 atom stereocenters. The van der Waals surface area contributed by atoms with Crippen LogP contribution in [0.3, 0.4) is 0 Å². The summed E-state index contributed by atoms with van der Waals surface area (Å²) in [5.74, 6) is 0. The molecule has 0 aromatic carbocycles. The maximum absolute atomic E-state index is 2.30. The van der Waals surface area contributed by atoms with Crippen LogP contribution in [0.25, 0.3) is 0 Å². The van der Waals surface area contributed by atoms with Crippen LogP contribution < -0.4 is 0 Å². The first-order chi connectivity index (χ1) is 2.81. The van der Waals surface area contributed by atoms with Crippen LogP contribution in [0, 0.1) is 0 Å². The van der Waals surface area contributed by atoms with Crippen molar-refractivity contribution in [3.05, 3.63) is 0 Å². The molecule has 0 unspecified atom stereocenters. The zero-order chi connectivity index (χ0) is 4.99. The third kappa shape index (κ3) is 2.90. The van der Waals surface area contributed by atoms with Crippen molar-refractivity contribution >= 4 is 22.9 Å². The molecule has 2 heteroatoms. The summed E-state index contributed by atoms with van der Waals surface area (Å²) in [5.41, 5.74) is 0. The van der Waals surface area contributed by atoms with Gasteiger partial charge in [-0.05, 0) is 0 Å². The summed E-state index contributed by atoms with van der Waals surface area (Å²) < 4.78 is 2.22. The molecule has 0 rings (SSSR count). The second-order valence-corrected chi connectivity index (χ2v) is 2.46. The maximum Gasteiger partial charge on any atom is 0.0201 e. The molecule has 0 heterocycles. The summed E-state index contributed by atoms with van der Waals surface area (Å²) in [5, 5.41) is 0. The minimum absolute atomic E-state index is 1.15. The van der Waals surface area contributed by atoms with Crippen molar-refractivity contribution in [1.82, 2.24) is 3.11 Å². The minimum Gasteiger partial charge on any atom is -0.248 e. The van der Waals surface area contributed by atoms with Gasteiger partial charge in [-0.1, -0.05) is 13.8 Å². The Morgan fingerprint density at radius 1 is 1.33 bits per heavy atom. The lowest BCUT2D eigenvalue weighted by molar-refractivity contribution is 0.568. The molecule has 0 radical (unpaired) electrons. The van der Waals surface area contributed by atoms with Crippen molar-refractivity contribution in [2.24, 2.45) is 0 Å². The lowest BCUT2D eigenvalue weighted by atomic mass is 10.7. The molecule has 1 nitrogen and oxygen atoms in total. The summed E-state index contributed by atoms with van der Waals surface area (Å²) in [6.45, 7) is 6.60. The molecule has 0 spiro atoms. The Hall–Kier alpha value is 0.690. The fraction of sp³-hybridized carbons (Fsp3) is 1.00. The van der Waals surface area contributed by atoms with E-state index in [4.69, 9.17) is 0 Å². The van der Waals surface area contributed by atoms with Crippen molar-refractivity contribution in [1.29, 1.82) is 0 Å². The molecule has 0 saturated carbocycles. The molecule has 0 aromatic rings. The Kier molecular flexibility index (Phi) is 4.31. The van der Waals surface area contributed by atoms with E-state index in [1.54, 1.807) is 0 Å². The summed E-state index contributed by atoms with van der Waals surface area (Å²) in [4.78, 5) is 0. The molecule has 38 valence electrons. The van der Waals surface area contributed by atoms with Gasteiger partial charge in [-0.25, -0.2) is 3.11 Å². The van der Waals surface area contributed by atoms with E-state index in [1.165, 1.54) is 0 Å². The summed E-state index contributed by atoms with van der Waals surface area (Å²) >= 11 is 2.30. The largest absolute Gasteiger partial charge is 0.248 e. The molecule has 0 amide bonds. The summed E-state index contributed by atoms with van der Waals surface area (Å²) in [7, 11) is 0. The Morgan fingerprint density at radius 3 is 1.67 bits per heavy atom. The van der Waals surface area contributed by atoms with E-state index in [0.717, 1.165) is 13.1 Å². The second-order valence-electron chi connectivity index (χ2n) is 1.10. The van der Waals surface area contributed by atoms with Crippen molar-refractivity contribution in [2.75, 3.05) is 13.1 Å². The van der Waals surface area contributed by atoms with Crippen LogP contribution >= 0.6 is 22.9 Å². The zero-order valence-corrected chi connectivity index (χ0v) is 6.40. The van der Waals surface area contributed by atoms with Gasteiger partial charge in [-0.3, -0.25) is 0 Å². The summed E-state index contributed by atoms with van der Waals surface area (Å²) in [6.07, 6.45) is 0. The first-order valence-corrected chi connectivity index (χ1v) is 3.18. The minimum atomic E-state index is 1.15. The van der Waals surface area contributed by atoms with Gasteiger partial charge in [0.1, 0.15) is 0 Å². The highest BCUT2D eigenvalue weighted by atomic mass is 127. The highest BCUT2D eigenvalue weighted by Crippen LogP contribution is 1.93. The molecule has 0 fully saturated rings. The van der Waals surface area contributed by atoms with Gasteiger partial charge in [0.05, 0.1) is 0 Å². The second kappa shape index (κ2) is 3.87. The smallest absolute Gasteiger partial charge is 0.0201 e. The van der Waals surface area contributed by atoms with Crippen LogP contribution in [0.1, 0.15) is 13.8 Å². The van der Waals surface area contributed by atoms with Gasteiger partial charge >= 0.3 is 0 Å². The van der Waals surface area contributed by atoms with Crippen LogP contribution in [0.4, 0.5) is 0 Å². The molecule has 0 aliphatic heterocycles. The van der Waals surface area contributed by atoms with Crippen LogP contribution in [0.5, 0.6) is 0 Å². The third-order valence-electron chi connectivity index (χ3n) is 0.686. The predicted octanol–water partition coefficient (Wildman–Crippen LogP) is 1.68. The van der Waals surface area contributed by atoms with E-state index in [1.807, 2.05) is 0 Å². The van der Waals surface area contributed by atoms with Crippen LogP contribution in [-0.4, -0.2) is 16.2 Å². The molecule has 6 heavy (non-hydrogen) atoms. The van der Waals surface area contributed by atoms with Crippen molar-refractivity contribution in [2.45, 2.75) is 13.8 Å². The van der Waals surface area contributed by atoms with E-state index < -0.39 is 0 Å². The Bertz CT molecular complexity index is 26.7. The number of rotatable bonds is 2. The van der Waals surface area contributed by atoms with Crippen molar-refractivity contribution in [3.63, 3.8) is 0 Å². The number of halogens is 1. The van der Waals surface area contributed by atoms with E-state index in [-0.39, 0.29) is 0 Å². The average molecular weight is 199 g/mol. The normalized spacial score (nSPS) is 10.0. The monoisotopic (exact) mass is 199 g/mol. The van der Waals surface area contributed by atoms with Crippen LogP contribution in [0.2, 0.25) is 0 Å². The molecule has 0 bridgehead atoms. The number of hydrogen-bond acceptors (Lipinski definition) is 1. The van der Waals surface area contributed by atoms with Gasteiger partial charge in [0.25, 0.3) is 0 Å².